The summed E-state index contributed by atoms with van der Waals surface area (Å²) in [6.07, 6.45) is 0. The Morgan fingerprint density at radius 3 is 1.27 bits per heavy atom. The quantitative estimate of drug-likeness (QED) is 0.326. The SMILES string of the molecule is Cl.Cl.NCCNc1cccc2ccccc12.NCCNc1cccc2ccccc12. The smallest absolute Gasteiger partial charge is 0.0420 e. The Labute approximate surface area is 190 Å². The molecule has 6 N–H and O–H groups in total. The molecule has 0 saturated heterocycles. The molecule has 4 aromatic rings. The molecular formula is C24H30Cl2N4. The Morgan fingerprint density at radius 1 is 0.500 bits per heavy atom. The Balaban J connectivity index is 0.000000281. The van der Waals surface area contributed by atoms with Crippen LogP contribution >= 0.6 is 24.8 Å². The van der Waals surface area contributed by atoms with E-state index in [2.05, 4.69) is 95.6 Å². The van der Waals surface area contributed by atoms with Gasteiger partial charge in [0.2, 0.25) is 0 Å². The summed E-state index contributed by atoms with van der Waals surface area (Å²) in [6, 6.07) is 29.2. The number of nitrogens with one attached hydrogen (secondary N) is 2. The van der Waals surface area contributed by atoms with Crippen molar-refractivity contribution in [3.8, 4) is 0 Å². The number of benzene rings is 4. The van der Waals surface area contributed by atoms with Crippen molar-refractivity contribution in [3.05, 3.63) is 84.9 Å². The van der Waals surface area contributed by atoms with Gasteiger partial charge >= 0.3 is 0 Å². The van der Waals surface area contributed by atoms with E-state index in [1.807, 2.05) is 0 Å². The van der Waals surface area contributed by atoms with Crippen LogP contribution in [0.1, 0.15) is 0 Å². The molecule has 0 bridgehead atoms. The van der Waals surface area contributed by atoms with Crippen molar-refractivity contribution in [2.75, 3.05) is 36.8 Å². The third kappa shape index (κ3) is 6.78. The van der Waals surface area contributed by atoms with Crippen LogP contribution in [0.3, 0.4) is 0 Å². The highest BCUT2D eigenvalue weighted by Crippen LogP contribution is 2.23. The maximum absolute atomic E-state index is 5.46. The lowest BCUT2D eigenvalue weighted by atomic mass is 10.1. The van der Waals surface area contributed by atoms with Crippen molar-refractivity contribution >= 4 is 57.7 Å². The molecule has 0 aliphatic rings. The zero-order valence-electron chi connectivity index (χ0n) is 16.9. The largest absolute Gasteiger partial charge is 0.383 e. The molecule has 160 valence electrons. The fraction of sp³-hybridized carbons (Fsp3) is 0.167. The molecular weight excluding hydrogens is 415 g/mol. The minimum atomic E-state index is 0. The van der Waals surface area contributed by atoms with Gasteiger partial charge < -0.3 is 22.1 Å². The predicted molar refractivity (Wildman–Crippen MR) is 137 cm³/mol. The summed E-state index contributed by atoms with van der Waals surface area (Å²) in [7, 11) is 0. The van der Waals surface area contributed by atoms with Crippen LogP contribution in [0.2, 0.25) is 0 Å². The standard InChI is InChI=1S/2C12H14N2.2ClH/c2*13-8-9-14-12-7-3-5-10-4-1-2-6-11(10)12;;/h2*1-7,14H,8-9,13H2;2*1H. The van der Waals surface area contributed by atoms with Gasteiger partial charge in [-0.05, 0) is 22.9 Å². The molecule has 0 aliphatic heterocycles. The number of hydrogen-bond donors (Lipinski definition) is 4. The molecule has 0 radical (unpaired) electrons. The minimum absolute atomic E-state index is 0. The van der Waals surface area contributed by atoms with E-state index in [1.165, 1.54) is 21.5 Å². The first-order valence-corrected chi connectivity index (χ1v) is 9.67. The Kier molecular flexibility index (Phi) is 11.6. The molecule has 0 unspecified atom stereocenters. The molecule has 4 aromatic carbocycles. The second-order valence-electron chi connectivity index (χ2n) is 6.48. The fourth-order valence-electron chi connectivity index (χ4n) is 3.17. The summed E-state index contributed by atoms with van der Waals surface area (Å²) in [4.78, 5) is 0. The van der Waals surface area contributed by atoms with E-state index in [0.29, 0.717) is 13.1 Å². The monoisotopic (exact) mass is 444 g/mol. The van der Waals surface area contributed by atoms with Crippen molar-refractivity contribution in [2.45, 2.75) is 0 Å². The normalized spacial score (nSPS) is 9.67. The predicted octanol–water partition coefficient (Wildman–Crippen LogP) is 5.26. The lowest BCUT2D eigenvalue weighted by Crippen LogP contribution is -2.13. The zero-order valence-corrected chi connectivity index (χ0v) is 18.5. The van der Waals surface area contributed by atoms with Gasteiger partial charge in [-0.2, -0.15) is 0 Å². The second-order valence-corrected chi connectivity index (χ2v) is 6.48. The second kappa shape index (κ2) is 13.7. The molecule has 4 rings (SSSR count). The van der Waals surface area contributed by atoms with Gasteiger partial charge in [-0.3, -0.25) is 0 Å². The molecule has 0 aliphatic carbocycles. The van der Waals surface area contributed by atoms with Crippen LogP contribution < -0.4 is 22.1 Å². The van der Waals surface area contributed by atoms with E-state index in [1.54, 1.807) is 0 Å². The molecule has 0 aromatic heterocycles. The van der Waals surface area contributed by atoms with E-state index >= 15 is 0 Å². The number of anilines is 2. The summed E-state index contributed by atoms with van der Waals surface area (Å²) in [5.41, 5.74) is 13.2. The highest BCUT2D eigenvalue weighted by Gasteiger charge is 1.98. The van der Waals surface area contributed by atoms with E-state index in [4.69, 9.17) is 11.5 Å². The van der Waals surface area contributed by atoms with Crippen LogP contribution in [-0.2, 0) is 0 Å². The first-order chi connectivity index (χ1) is 13.8. The molecule has 6 heteroatoms. The summed E-state index contributed by atoms with van der Waals surface area (Å²) in [5, 5.41) is 11.6. The molecule has 0 atom stereocenters. The number of rotatable bonds is 6. The van der Waals surface area contributed by atoms with Gasteiger partial charge in [0.1, 0.15) is 0 Å². The molecule has 4 nitrogen and oxygen atoms in total. The minimum Gasteiger partial charge on any atom is -0.383 e. The average molecular weight is 445 g/mol. The highest BCUT2D eigenvalue weighted by molar-refractivity contribution is 5.94. The topological polar surface area (TPSA) is 76.1 Å². The van der Waals surface area contributed by atoms with Crippen LogP contribution in [0.15, 0.2) is 84.9 Å². The van der Waals surface area contributed by atoms with Crippen LogP contribution in [0.5, 0.6) is 0 Å². The number of hydrogen-bond acceptors (Lipinski definition) is 4. The van der Waals surface area contributed by atoms with Crippen molar-refractivity contribution in [2.24, 2.45) is 11.5 Å². The third-order valence-corrected chi connectivity index (χ3v) is 4.50. The third-order valence-electron chi connectivity index (χ3n) is 4.50. The summed E-state index contributed by atoms with van der Waals surface area (Å²) >= 11 is 0. The van der Waals surface area contributed by atoms with Gasteiger partial charge in [0.05, 0.1) is 0 Å². The van der Waals surface area contributed by atoms with Gasteiger partial charge in [-0.25, -0.2) is 0 Å². The molecule has 0 heterocycles. The Bertz CT molecular complexity index is 930. The van der Waals surface area contributed by atoms with E-state index in [9.17, 15) is 0 Å². The van der Waals surface area contributed by atoms with Crippen LogP contribution in [0, 0.1) is 0 Å². The van der Waals surface area contributed by atoms with Crippen LogP contribution in [-0.4, -0.2) is 26.2 Å². The maximum Gasteiger partial charge on any atom is 0.0420 e. The van der Waals surface area contributed by atoms with Gasteiger partial charge in [0, 0.05) is 48.3 Å². The number of halogens is 2. The summed E-state index contributed by atoms with van der Waals surface area (Å²) in [5.74, 6) is 0. The highest BCUT2D eigenvalue weighted by atomic mass is 35.5. The van der Waals surface area contributed by atoms with Gasteiger partial charge in [-0.15, -0.1) is 24.8 Å². The Morgan fingerprint density at radius 2 is 0.867 bits per heavy atom. The average Bonchev–Trinajstić information content (AvgIpc) is 2.76. The maximum atomic E-state index is 5.46. The molecule has 0 saturated carbocycles. The Hall–Kier alpha value is -2.50. The molecule has 0 spiro atoms. The lowest BCUT2D eigenvalue weighted by molar-refractivity contribution is 1.03. The van der Waals surface area contributed by atoms with Crippen LogP contribution in [0.25, 0.3) is 21.5 Å². The molecule has 0 amide bonds. The van der Waals surface area contributed by atoms with Gasteiger partial charge in [-0.1, -0.05) is 72.8 Å². The molecule has 30 heavy (non-hydrogen) atoms. The van der Waals surface area contributed by atoms with E-state index in [0.717, 1.165) is 24.5 Å². The van der Waals surface area contributed by atoms with E-state index in [-0.39, 0.29) is 24.8 Å². The fourth-order valence-corrected chi connectivity index (χ4v) is 3.17. The van der Waals surface area contributed by atoms with Crippen molar-refractivity contribution < 1.29 is 0 Å². The number of nitrogens with two attached hydrogens (primary N) is 2. The van der Waals surface area contributed by atoms with Crippen LogP contribution in [0.4, 0.5) is 11.4 Å². The first-order valence-electron chi connectivity index (χ1n) is 9.67. The summed E-state index contributed by atoms with van der Waals surface area (Å²) < 4.78 is 0. The molecule has 0 fully saturated rings. The number of fused-ring (bicyclic) bond motifs is 2. The zero-order chi connectivity index (χ0) is 19.6. The van der Waals surface area contributed by atoms with Crippen molar-refractivity contribution in [1.29, 1.82) is 0 Å². The lowest BCUT2D eigenvalue weighted by Gasteiger charge is -2.08. The first kappa shape index (κ1) is 25.5. The van der Waals surface area contributed by atoms with Crippen molar-refractivity contribution in [1.82, 2.24) is 0 Å². The van der Waals surface area contributed by atoms with E-state index < -0.39 is 0 Å². The van der Waals surface area contributed by atoms with Gasteiger partial charge in [0.15, 0.2) is 0 Å². The summed E-state index contributed by atoms with van der Waals surface area (Å²) in [6.45, 7) is 2.94. The van der Waals surface area contributed by atoms with Gasteiger partial charge in [0.25, 0.3) is 0 Å². The van der Waals surface area contributed by atoms with Crippen molar-refractivity contribution in [3.63, 3.8) is 0 Å².